The summed E-state index contributed by atoms with van der Waals surface area (Å²) in [5.74, 6) is -0.232. The van der Waals surface area contributed by atoms with Gasteiger partial charge in [0.2, 0.25) is 11.8 Å². The van der Waals surface area contributed by atoms with Gasteiger partial charge in [0, 0.05) is 18.2 Å². The molecule has 33 heavy (non-hydrogen) atoms. The summed E-state index contributed by atoms with van der Waals surface area (Å²) in [4.78, 5) is 32.2. The van der Waals surface area contributed by atoms with Crippen LogP contribution in [0.3, 0.4) is 0 Å². The number of thioether (sulfide) groups is 1. The number of carbonyl (C=O) groups excluding carboxylic acids is 2. The Hall–Kier alpha value is -3.65. The molecule has 1 N–H and O–H groups in total. The van der Waals surface area contributed by atoms with Crippen molar-refractivity contribution in [2.75, 3.05) is 12.4 Å². The van der Waals surface area contributed by atoms with Crippen molar-refractivity contribution in [1.82, 2.24) is 4.90 Å². The van der Waals surface area contributed by atoms with Crippen molar-refractivity contribution >= 4 is 40.1 Å². The van der Waals surface area contributed by atoms with Crippen molar-refractivity contribution in [3.8, 4) is 5.75 Å². The Morgan fingerprint density at radius 3 is 2.61 bits per heavy atom. The zero-order valence-electron chi connectivity index (χ0n) is 17.9. The molecule has 1 unspecified atom stereocenters. The lowest BCUT2D eigenvalue weighted by Crippen LogP contribution is -2.44. The van der Waals surface area contributed by atoms with Crippen molar-refractivity contribution in [2.24, 2.45) is 4.99 Å². The molecule has 0 bridgehead atoms. The molecule has 1 aliphatic rings. The minimum Gasteiger partial charge on any atom is -0.497 e. The van der Waals surface area contributed by atoms with E-state index in [1.165, 1.54) is 23.9 Å². The van der Waals surface area contributed by atoms with Gasteiger partial charge in [0.1, 0.15) is 16.8 Å². The highest BCUT2D eigenvalue weighted by Gasteiger charge is 2.36. The first kappa shape index (κ1) is 22.5. The third-order valence-electron chi connectivity index (χ3n) is 5.00. The monoisotopic (exact) mass is 463 g/mol. The van der Waals surface area contributed by atoms with Gasteiger partial charge in [0.05, 0.1) is 19.3 Å². The first-order chi connectivity index (χ1) is 16.0. The van der Waals surface area contributed by atoms with Gasteiger partial charge < -0.3 is 10.1 Å². The van der Waals surface area contributed by atoms with Crippen molar-refractivity contribution in [2.45, 2.75) is 18.2 Å². The topological polar surface area (TPSA) is 71.0 Å². The number of hydrogen-bond acceptors (Lipinski definition) is 5. The van der Waals surface area contributed by atoms with Crippen molar-refractivity contribution in [1.29, 1.82) is 0 Å². The number of nitrogens with one attached hydrogen (secondary N) is 1. The highest BCUT2D eigenvalue weighted by Crippen LogP contribution is 2.31. The highest BCUT2D eigenvalue weighted by atomic mass is 32.2. The van der Waals surface area contributed by atoms with Crippen LogP contribution in [0.2, 0.25) is 0 Å². The van der Waals surface area contributed by atoms with Crippen molar-refractivity contribution in [3.05, 3.63) is 90.2 Å². The third kappa shape index (κ3) is 5.78. The molecule has 1 aliphatic heterocycles. The summed E-state index contributed by atoms with van der Waals surface area (Å²) in [7, 11) is 1.55. The Morgan fingerprint density at radius 2 is 1.88 bits per heavy atom. The molecule has 6 nitrogen and oxygen atoms in total. The summed E-state index contributed by atoms with van der Waals surface area (Å²) in [5.41, 5.74) is 2.03. The van der Waals surface area contributed by atoms with Gasteiger partial charge >= 0.3 is 0 Å². The van der Waals surface area contributed by atoms with Crippen LogP contribution in [0.1, 0.15) is 12.0 Å². The molecule has 1 saturated heterocycles. The van der Waals surface area contributed by atoms with E-state index in [2.05, 4.69) is 10.3 Å². The molecule has 0 saturated carbocycles. The normalized spacial score (nSPS) is 17.2. The number of amides is 2. The van der Waals surface area contributed by atoms with E-state index < -0.39 is 5.25 Å². The summed E-state index contributed by atoms with van der Waals surface area (Å²) in [6.45, 7) is 0.238. The van der Waals surface area contributed by atoms with Gasteiger partial charge in [0.25, 0.3) is 0 Å². The van der Waals surface area contributed by atoms with Gasteiger partial charge in [-0.3, -0.25) is 14.5 Å². The zero-order valence-corrected chi connectivity index (χ0v) is 18.7. The molecular formula is C25H22FN3O3S. The van der Waals surface area contributed by atoms with Crippen LogP contribution in [0, 0.1) is 5.82 Å². The predicted octanol–water partition coefficient (Wildman–Crippen LogP) is 4.99. The Morgan fingerprint density at radius 1 is 1.12 bits per heavy atom. The molecule has 3 aromatic carbocycles. The maximum atomic E-state index is 13.3. The SMILES string of the molecule is COc1cccc(NC(=O)C2CC(=O)N(Cc3ccc(F)cc3)C(=Nc3ccccc3)S2)c1. The Bertz CT molecular complexity index is 1170. The smallest absolute Gasteiger partial charge is 0.238 e. The second-order valence-electron chi connectivity index (χ2n) is 7.37. The van der Waals surface area contributed by atoms with E-state index in [1.807, 2.05) is 30.3 Å². The maximum Gasteiger partial charge on any atom is 0.238 e. The molecule has 1 heterocycles. The number of halogens is 1. The molecule has 2 amide bonds. The first-order valence-electron chi connectivity index (χ1n) is 10.3. The van der Waals surface area contributed by atoms with E-state index in [0.29, 0.717) is 22.3 Å². The average molecular weight is 464 g/mol. The molecule has 8 heteroatoms. The van der Waals surface area contributed by atoms with Gasteiger partial charge in [0.15, 0.2) is 5.17 Å². The van der Waals surface area contributed by atoms with Crippen LogP contribution in [0.4, 0.5) is 15.8 Å². The fraction of sp³-hybridized carbons (Fsp3) is 0.160. The standard InChI is InChI=1S/C25H22FN3O3S/c1-32-21-9-5-8-20(14-21)27-24(31)22-15-23(30)29(16-17-10-12-18(26)13-11-17)25(33-22)28-19-6-3-2-4-7-19/h2-14,22H,15-16H2,1H3,(H,27,31). The molecule has 0 aliphatic carbocycles. The number of aliphatic imine (C=N–C) groups is 1. The molecular weight excluding hydrogens is 441 g/mol. The van der Waals surface area contributed by atoms with E-state index in [9.17, 15) is 14.0 Å². The lowest BCUT2D eigenvalue weighted by atomic mass is 10.2. The Kier molecular flexibility index (Phi) is 7.04. The second-order valence-corrected chi connectivity index (χ2v) is 8.54. The molecule has 3 aromatic rings. The summed E-state index contributed by atoms with van der Waals surface area (Å²) in [6, 6.07) is 22.3. The van der Waals surface area contributed by atoms with Crippen LogP contribution in [-0.4, -0.2) is 34.2 Å². The minimum absolute atomic E-state index is 0.0233. The number of methoxy groups -OCH3 is 1. The molecule has 4 rings (SSSR count). The first-order valence-corrected chi connectivity index (χ1v) is 11.2. The van der Waals surface area contributed by atoms with E-state index in [0.717, 1.165) is 5.56 Å². The lowest BCUT2D eigenvalue weighted by molar-refractivity contribution is -0.129. The largest absolute Gasteiger partial charge is 0.497 e. The number of ether oxygens (including phenoxy) is 1. The van der Waals surface area contributed by atoms with Crippen LogP contribution in [0.15, 0.2) is 83.9 Å². The molecule has 0 aromatic heterocycles. The zero-order chi connectivity index (χ0) is 23.2. The number of para-hydroxylation sites is 1. The number of hydrogen-bond donors (Lipinski definition) is 1. The second kappa shape index (κ2) is 10.3. The molecule has 1 atom stereocenters. The number of anilines is 1. The number of carbonyl (C=O) groups is 2. The van der Waals surface area contributed by atoms with E-state index in [-0.39, 0.29) is 30.6 Å². The van der Waals surface area contributed by atoms with Gasteiger partial charge in [-0.2, -0.15) is 0 Å². The highest BCUT2D eigenvalue weighted by molar-refractivity contribution is 8.15. The van der Waals surface area contributed by atoms with Crippen molar-refractivity contribution < 1.29 is 18.7 Å². The van der Waals surface area contributed by atoms with Crippen molar-refractivity contribution in [3.63, 3.8) is 0 Å². The van der Waals surface area contributed by atoms with Gasteiger partial charge in [-0.15, -0.1) is 0 Å². The molecule has 1 fully saturated rings. The number of amidine groups is 1. The lowest BCUT2D eigenvalue weighted by Gasteiger charge is -2.32. The Balaban J connectivity index is 1.57. The quantitative estimate of drug-likeness (QED) is 0.559. The van der Waals surface area contributed by atoms with Gasteiger partial charge in [-0.25, -0.2) is 9.38 Å². The number of nitrogens with zero attached hydrogens (tertiary/aromatic N) is 2. The molecule has 0 radical (unpaired) electrons. The third-order valence-corrected chi connectivity index (χ3v) is 6.19. The van der Waals surface area contributed by atoms with Crippen LogP contribution in [0.5, 0.6) is 5.75 Å². The van der Waals surface area contributed by atoms with Crippen LogP contribution in [-0.2, 0) is 16.1 Å². The fourth-order valence-electron chi connectivity index (χ4n) is 3.31. The summed E-state index contributed by atoms with van der Waals surface area (Å²) in [6.07, 6.45) is 0.0233. The van der Waals surface area contributed by atoms with E-state index >= 15 is 0 Å². The van der Waals surface area contributed by atoms with Gasteiger partial charge in [-0.1, -0.05) is 48.2 Å². The van der Waals surface area contributed by atoms with Crippen LogP contribution < -0.4 is 10.1 Å². The van der Waals surface area contributed by atoms with E-state index in [4.69, 9.17) is 4.74 Å². The van der Waals surface area contributed by atoms with Crippen LogP contribution >= 0.6 is 11.8 Å². The van der Waals surface area contributed by atoms with E-state index in [1.54, 1.807) is 48.4 Å². The fourth-order valence-corrected chi connectivity index (χ4v) is 4.40. The average Bonchev–Trinajstić information content (AvgIpc) is 2.83. The summed E-state index contributed by atoms with van der Waals surface area (Å²) < 4.78 is 18.5. The molecule has 0 spiro atoms. The predicted molar refractivity (Wildman–Crippen MR) is 128 cm³/mol. The minimum atomic E-state index is -0.643. The summed E-state index contributed by atoms with van der Waals surface area (Å²) in [5, 5.41) is 2.64. The summed E-state index contributed by atoms with van der Waals surface area (Å²) >= 11 is 1.24. The Labute approximate surface area is 195 Å². The number of rotatable bonds is 6. The van der Waals surface area contributed by atoms with Gasteiger partial charge in [-0.05, 0) is 42.0 Å². The maximum absolute atomic E-state index is 13.3. The van der Waals surface area contributed by atoms with Crippen LogP contribution in [0.25, 0.3) is 0 Å². The number of benzene rings is 3. The molecule has 168 valence electrons.